The van der Waals surface area contributed by atoms with E-state index in [1.54, 1.807) is 6.07 Å². The SMILES string of the molecule is CC1(C)CCOc2c1cc(Br)c(O)c2C(=O)O. The molecule has 1 aromatic carbocycles. The molecule has 92 valence electrons. The summed E-state index contributed by atoms with van der Waals surface area (Å²) in [6.45, 7) is 4.52. The van der Waals surface area contributed by atoms with Gasteiger partial charge in [-0.15, -0.1) is 0 Å². The van der Waals surface area contributed by atoms with Crippen molar-refractivity contribution >= 4 is 21.9 Å². The van der Waals surface area contributed by atoms with Crippen LogP contribution in [0.3, 0.4) is 0 Å². The van der Waals surface area contributed by atoms with Gasteiger partial charge in [0.05, 0.1) is 11.1 Å². The molecule has 1 heterocycles. The Kier molecular flexibility index (Phi) is 2.81. The largest absolute Gasteiger partial charge is 0.506 e. The third-order valence-corrected chi connectivity index (χ3v) is 3.73. The Labute approximate surface area is 107 Å². The lowest BCUT2D eigenvalue weighted by Gasteiger charge is -2.33. The number of aromatic carboxylic acids is 1. The summed E-state index contributed by atoms with van der Waals surface area (Å²) >= 11 is 3.18. The van der Waals surface area contributed by atoms with Gasteiger partial charge in [0.2, 0.25) is 0 Å². The Morgan fingerprint density at radius 1 is 1.53 bits per heavy atom. The zero-order chi connectivity index (χ0) is 12.8. The summed E-state index contributed by atoms with van der Waals surface area (Å²) in [6.07, 6.45) is 0.816. The molecule has 0 saturated carbocycles. The Bertz CT molecular complexity index is 494. The van der Waals surface area contributed by atoms with Crippen molar-refractivity contribution in [1.29, 1.82) is 0 Å². The highest BCUT2D eigenvalue weighted by atomic mass is 79.9. The topological polar surface area (TPSA) is 66.8 Å². The lowest BCUT2D eigenvalue weighted by molar-refractivity contribution is 0.0686. The summed E-state index contributed by atoms with van der Waals surface area (Å²) in [5.74, 6) is -1.18. The standard InChI is InChI=1S/C12H13BrO4/c1-12(2)3-4-17-10-6(12)5-7(13)9(14)8(10)11(15)16/h5,14H,3-4H2,1-2H3,(H,15,16). The average Bonchev–Trinajstić information content (AvgIpc) is 2.20. The van der Waals surface area contributed by atoms with Crippen LogP contribution >= 0.6 is 15.9 Å². The molecule has 2 rings (SSSR count). The Morgan fingerprint density at radius 3 is 2.76 bits per heavy atom. The number of hydrogen-bond acceptors (Lipinski definition) is 3. The number of halogens is 1. The molecule has 2 N–H and O–H groups in total. The molecule has 17 heavy (non-hydrogen) atoms. The molecule has 0 aliphatic carbocycles. The van der Waals surface area contributed by atoms with Crippen LogP contribution in [-0.4, -0.2) is 22.8 Å². The first-order valence-corrected chi connectivity index (χ1v) is 6.06. The second kappa shape index (κ2) is 3.91. The number of hydrogen-bond donors (Lipinski definition) is 2. The van der Waals surface area contributed by atoms with Gasteiger partial charge in [0.15, 0.2) is 0 Å². The lowest BCUT2D eigenvalue weighted by Crippen LogP contribution is -2.28. The number of fused-ring (bicyclic) bond motifs is 1. The van der Waals surface area contributed by atoms with Crippen molar-refractivity contribution < 1.29 is 19.7 Å². The van der Waals surface area contributed by atoms with Crippen LogP contribution in [0.2, 0.25) is 0 Å². The fourth-order valence-electron chi connectivity index (χ4n) is 2.02. The number of ether oxygens (including phenoxy) is 1. The molecule has 0 amide bonds. The molecule has 0 spiro atoms. The number of benzene rings is 1. The molecule has 0 atom stereocenters. The number of carboxylic acid groups (broad SMARTS) is 1. The van der Waals surface area contributed by atoms with E-state index >= 15 is 0 Å². The zero-order valence-corrected chi connectivity index (χ0v) is 11.2. The second-order valence-corrected chi connectivity index (χ2v) is 5.60. The van der Waals surface area contributed by atoms with Crippen LogP contribution in [0.4, 0.5) is 0 Å². The van der Waals surface area contributed by atoms with Gasteiger partial charge in [-0.25, -0.2) is 4.79 Å². The molecule has 5 heteroatoms. The molecule has 0 saturated heterocycles. The van der Waals surface area contributed by atoms with Crippen molar-refractivity contribution in [1.82, 2.24) is 0 Å². The minimum Gasteiger partial charge on any atom is -0.506 e. The summed E-state index contributed by atoms with van der Waals surface area (Å²) in [5.41, 5.74) is 0.488. The van der Waals surface area contributed by atoms with Crippen LogP contribution in [0.1, 0.15) is 36.2 Å². The van der Waals surface area contributed by atoms with E-state index in [1.807, 2.05) is 13.8 Å². The summed E-state index contributed by atoms with van der Waals surface area (Å²) in [6, 6.07) is 1.73. The van der Waals surface area contributed by atoms with Crippen LogP contribution in [0, 0.1) is 0 Å². The van der Waals surface area contributed by atoms with Gasteiger partial charge in [0, 0.05) is 5.56 Å². The molecular weight excluding hydrogens is 288 g/mol. The predicted octanol–water partition coefficient (Wildman–Crippen LogP) is 2.91. The molecule has 0 bridgehead atoms. The van der Waals surface area contributed by atoms with Gasteiger partial charge in [0.1, 0.15) is 17.1 Å². The van der Waals surface area contributed by atoms with Crippen molar-refractivity contribution in [3.63, 3.8) is 0 Å². The lowest BCUT2D eigenvalue weighted by atomic mass is 9.79. The summed E-state index contributed by atoms with van der Waals surface area (Å²) in [7, 11) is 0. The van der Waals surface area contributed by atoms with Crippen molar-refractivity contribution in [3.8, 4) is 11.5 Å². The van der Waals surface area contributed by atoms with E-state index in [0.29, 0.717) is 11.1 Å². The molecular formula is C12H13BrO4. The maximum atomic E-state index is 11.2. The van der Waals surface area contributed by atoms with Gasteiger partial charge in [-0.05, 0) is 33.8 Å². The smallest absolute Gasteiger partial charge is 0.343 e. The number of carboxylic acids is 1. The Balaban J connectivity index is 2.77. The highest BCUT2D eigenvalue weighted by Crippen LogP contribution is 2.46. The molecule has 4 nitrogen and oxygen atoms in total. The van der Waals surface area contributed by atoms with Crippen LogP contribution in [-0.2, 0) is 5.41 Å². The van der Waals surface area contributed by atoms with Crippen molar-refractivity contribution in [2.45, 2.75) is 25.7 Å². The molecule has 0 radical (unpaired) electrons. The fraction of sp³-hybridized carbons (Fsp3) is 0.417. The summed E-state index contributed by atoms with van der Waals surface area (Å²) in [4.78, 5) is 11.2. The molecule has 1 aliphatic rings. The molecule has 1 aromatic rings. The summed E-state index contributed by atoms with van der Waals surface area (Å²) in [5, 5.41) is 18.9. The van der Waals surface area contributed by atoms with Gasteiger partial charge in [-0.1, -0.05) is 13.8 Å². The first kappa shape index (κ1) is 12.2. The van der Waals surface area contributed by atoms with Crippen LogP contribution in [0.5, 0.6) is 11.5 Å². The van der Waals surface area contributed by atoms with E-state index in [4.69, 9.17) is 9.84 Å². The minimum atomic E-state index is -1.18. The van der Waals surface area contributed by atoms with Gasteiger partial charge >= 0.3 is 5.97 Å². The van der Waals surface area contributed by atoms with Crippen molar-refractivity contribution in [3.05, 3.63) is 21.7 Å². The third-order valence-electron chi connectivity index (χ3n) is 3.12. The minimum absolute atomic E-state index is 0.159. The van der Waals surface area contributed by atoms with Crippen LogP contribution < -0.4 is 4.74 Å². The quantitative estimate of drug-likeness (QED) is 0.837. The van der Waals surface area contributed by atoms with E-state index < -0.39 is 5.97 Å². The van der Waals surface area contributed by atoms with Crippen molar-refractivity contribution in [2.24, 2.45) is 0 Å². The van der Waals surface area contributed by atoms with Gasteiger partial charge in [-0.2, -0.15) is 0 Å². The maximum absolute atomic E-state index is 11.2. The normalized spacial score (nSPS) is 17.1. The van der Waals surface area contributed by atoms with E-state index in [0.717, 1.165) is 12.0 Å². The monoisotopic (exact) mass is 300 g/mol. The zero-order valence-electron chi connectivity index (χ0n) is 9.58. The van der Waals surface area contributed by atoms with E-state index in [2.05, 4.69) is 15.9 Å². The molecule has 0 unspecified atom stereocenters. The first-order valence-electron chi connectivity index (χ1n) is 5.26. The number of aromatic hydroxyl groups is 1. The molecule has 0 aromatic heterocycles. The van der Waals surface area contributed by atoms with E-state index in [-0.39, 0.29) is 22.5 Å². The number of rotatable bonds is 1. The maximum Gasteiger partial charge on any atom is 0.343 e. The average molecular weight is 301 g/mol. The molecule has 0 fully saturated rings. The van der Waals surface area contributed by atoms with Gasteiger partial charge in [-0.3, -0.25) is 0 Å². The summed E-state index contributed by atoms with van der Waals surface area (Å²) < 4.78 is 5.81. The van der Waals surface area contributed by atoms with Gasteiger partial charge < -0.3 is 14.9 Å². The molecule has 1 aliphatic heterocycles. The second-order valence-electron chi connectivity index (χ2n) is 4.75. The Hall–Kier alpha value is -1.23. The fourth-order valence-corrected chi connectivity index (χ4v) is 2.44. The first-order chi connectivity index (χ1) is 7.84. The number of phenols is 1. The van der Waals surface area contributed by atoms with E-state index in [9.17, 15) is 9.90 Å². The van der Waals surface area contributed by atoms with Crippen molar-refractivity contribution in [2.75, 3.05) is 6.61 Å². The highest BCUT2D eigenvalue weighted by molar-refractivity contribution is 9.10. The predicted molar refractivity (Wildman–Crippen MR) is 65.9 cm³/mol. The van der Waals surface area contributed by atoms with Crippen LogP contribution in [0.25, 0.3) is 0 Å². The number of carbonyl (C=O) groups is 1. The Morgan fingerprint density at radius 2 is 2.18 bits per heavy atom. The highest BCUT2D eigenvalue weighted by Gasteiger charge is 2.34. The van der Waals surface area contributed by atoms with Gasteiger partial charge in [0.25, 0.3) is 0 Å². The third kappa shape index (κ3) is 1.88. The van der Waals surface area contributed by atoms with Crippen LogP contribution in [0.15, 0.2) is 10.5 Å². The van der Waals surface area contributed by atoms with E-state index in [1.165, 1.54) is 0 Å².